The zero-order valence-corrected chi connectivity index (χ0v) is 19.9. The fourth-order valence-electron chi connectivity index (χ4n) is 4.38. The zero-order valence-electron chi connectivity index (χ0n) is 19.1. The quantitative estimate of drug-likeness (QED) is 0.554. The third-order valence-electron chi connectivity index (χ3n) is 6.42. The minimum Gasteiger partial charge on any atom is -0.351 e. The molecule has 0 spiro atoms. The monoisotopic (exact) mass is 507 g/mol. The first kappa shape index (κ1) is 24.9. The molecule has 3 aromatic rings. The summed E-state index contributed by atoms with van der Waals surface area (Å²) in [4.78, 5) is 17.0. The molecule has 0 bridgehead atoms. The van der Waals surface area contributed by atoms with E-state index in [0.717, 1.165) is 12.1 Å². The van der Waals surface area contributed by atoms with Crippen LogP contribution in [0.25, 0.3) is 0 Å². The summed E-state index contributed by atoms with van der Waals surface area (Å²) in [5.74, 6) is -3.05. The van der Waals surface area contributed by atoms with Crippen LogP contribution in [0.15, 0.2) is 47.8 Å². The summed E-state index contributed by atoms with van der Waals surface area (Å²) in [7, 11) is -2.21. The van der Waals surface area contributed by atoms with Crippen molar-refractivity contribution in [3.05, 3.63) is 77.1 Å². The van der Waals surface area contributed by atoms with Crippen LogP contribution in [0.2, 0.25) is 0 Å². The molecule has 4 rings (SSSR count). The molecule has 0 atom stereocenters. The predicted octanol–water partition coefficient (Wildman–Crippen LogP) is 2.69. The number of hydrogen-bond donors (Lipinski definition) is 1. The van der Waals surface area contributed by atoms with Crippen molar-refractivity contribution in [2.45, 2.75) is 30.1 Å². The van der Waals surface area contributed by atoms with Crippen molar-refractivity contribution in [2.75, 3.05) is 19.6 Å². The van der Waals surface area contributed by atoms with E-state index in [0.29, 0.717) is 0 Å². The molecule has 1 N–H and O–H groups in total. The minimum absolute atomic E-state index is 0.0382. The van der Waals surface area contributed by atoms with E-state index in [-0.39, 0.29) is 48.6 Å². The second-order valence-corrected chi connectivity index (χ2v) is 10.5. The summed E-state index contributed by atoms with van der Waals surface area (Å²) in [5, 5.41) is 6.51. The lowest BCUT2D eigenvalue weighted by Gasteiger charge is -2.41. The van der Waals surface area contributed by atoms with Crippen molar-refractivity contribution in [3.63, 3.8) is 0 Å². The van der Waals surface area contributed by atoms with Gasteiger partial charge in [-0.05, 0) is 44.0 Å². The molecule has 12 heteroatoms. The number of halogens is 3. The zero-order chi connectivity index (χ0) is 25.4. The third-order valence-corrected chi connectivity index (χ3v) is 8.27. The molecule has 0 saturated carbocycles. The average molecular weight is 508 g/mol. The van der Waals surface area contributed by atoms with Crippen LogP contribution in [-0.4, -0.2) is 53.0 Å². The molecule has 1 saturated heterocycles. The topological polar surface area (TPSA) is 97.2 Å². The van der Waals surface area contributed by atoms with Gasteiger partial charge >= 0.3 is 0 Å². The van der Waals surface area contributed by atoms with Crippen LogP contribution in [-0.2, 0) is 22.5 Å². The maximum atomic E-state index is 14.8. The Balaban J connectivity index is 1.60. The van der Waals surface area contributed by atoms with E-state index in [4.69, 9.17) is 0 Å². The highest BCUT2D eigenvalue weighted by atomic mass is 32.2. The van der Waals surface area contributed by atoms with Crippen LogP contribution in [0.4, 0.5) is 13.2 Å². The van der Waals surface area contributed by atoms with E-state index in [1.165, 1.54) is 46.6 Å². The van der Waals surface area contributed by atoms with Crippen molar-refractivity contribution >= 4 is 15.9 Å². The van der Waals surface area contributed by atoms with Crippen molar-refractivity contribution in [1.29, 1.82) is 0 Å². The molecule has 3 heterocycles. The number of benzene rings is 1. The fourth-order valence-corrected chi connectivity index (χ4v) is 5.81. The summed E-state index contributed by atoms with van der Waals surface area (Å²) in [5.41, 5.74) is -1.55. The smallest absolute Gasteiger partial charge is 0.254 e. The van der Waals surface area contributed by atoms with E-state index in [2.05, 4.69) is 15.4 Å². The highest BCUT2D eigenvalue weighted by Crippen LogP contribution is 2.37. The molecule has 1 amide bonds. The van der Waals surface area contributed by atoms with Gasteiger partial charge in [-0.15, -0.1) is 0 Å². The third kappa shape index (κ3) is 4.67. The van der Waals surface area contributed by atoms with Crippen molar-refractivity contribution < 1.29 is 26.4 Å². The fraction of sp³-hybridized carbons (Fsp3) is 0.348. The second-order valence-electron chi connectivity index (χ2n) is 8.58. The van der Waals surface area contributed by atoms with Crippen molar-refractivity contribution in [2.24, 2.45) is 7.05 Å². The molecule has 1 aliphatic heterocycles. The van der Waals surface area contributed by atoms with Gasteiger partial charge < -0.3 is 5.32 Å². The highest BCUT2D eigenvalue weighted by molar-refractivity contribution is 7.89. The lowest BCUT2D eigenvalue weighted by atomic mass is 9.75. The Morgan fingerprint density at radius 2 is 1.80 bits per heavy atom. The van der Waals surface area contributed by atoms with Gasteiger partial charge in [0.2, 0.25) is 10.0 Å². The van der Waals surface area contributed by atoms with Crippen LogP contribution in [0.1, 0.15) is 34.5 Å². The number of aryl methyl sites for hydroxylation is 1. The normalized spacial score (nSPS) is 16.3. The Bertz CT molecular complexity index is 1370. The molecule has 2 aromatic heterocycles. The van der Waals surface area contributed by atoms with Gasteiger partial charge in [0.15, 0.2) is 0 Å². The van der Waals surface area contributed by atoms with Gasteiger partial charge in [-0.1, -0.05) is 0 Å². The van der Waals surface area contributed by atoms with Crippen molar-refractivity contribution in [1.82, 2.24) is 24.4 Å². The summed E-state index contributed by atoms with van der Waals surface area (Å²) < 4.78 is 71.7. The SMILES string of the molecule is Cc1c(F)ccc(F)c1C(=O)NCC1(c2ncccc2F)CCN(S(=O)(=O)c2cnn(C)c2)CC1. The molecule has 1 fully saturated rings. The van der Waals surface area contributed by atoms with E-state index in [1.807, 2.05) is 0 Å². The highest BCUT2D eigenvalue weighted by Gasteiger charge is 2.43. The average Bonchev–Trinajstić information content (AvgIpc) is 3.28. The number of piperidine rings is 1. The van der Waals surface area contributed by atoms with Gasteiger partial charge in [-0.2, -0.15) is 9.40 Å². The number of sulfonamides is 1. The maximum absolute atomic E-state index is 14.8. The standard InChI is InChI=1S/C23H24F3N5O3S/c1-15-17(24)5-6-18(25)20(15)22(32)28-14-23(21-19(26)4-3-9-27-21)7-10-31(11-8-23)35(33,34)16-12-29-30(2)13-16/h3-6,9,12-13H,7-8,10-11,14H2,1-2H3,(H,28,32). The Kier molecular flexibility index (Phi) is 6.69. The number of aromatic nitrogens is 3. The molecule has 0 aliphatic carbocycles. The number of carbonyl (C=O) groups is 1. The minimum atomic E-state index is -3.82. The van der Waals surface area contributed by atoms with E-state index < -0.39 is 44.4 Å². The summed E-state index contributed by atoms with van der Waals surface area (Å²) in [6.07, 6.45) is 4.35. The first-order chi connectivity index (χ1) is 16.5. The summed E-state index contributed by atoms with van der Waals surface area (Å²) >= 11 is 0. The number of nitrogens with one attached hydrogen (secondary N) is 1. The molecular weight excluding hydrogens is 483 g/mol. The van der Waals surface area contributed by atoms with Gasteiger partial charge in [0.1, 0.15) is 22.3 Å². The summed E-state index contributed by atoms with van der Waals surface area (Å²) in [6.45, 7) is 1.23. The summed E-state index contributed by atoms with van der Waals surface area (Å²) in [6, 6.07) is 4.47. The van der Waals surface area contributed by atoms with E-state index in [9.17, 15) is 26.4 Å². The number of rotatable bonds is 6. The van der Waals surface area contributed by atoms with Gasteiger partial charge in [0, 0.05) is 50.1 Å². The van der Waals surface area contributed by atoms with Gasteiger partial charge in [-0.3, -0.25) is 14.5 Å². The number of carbonyl (C=O) groups excluding carboxylic acids is 1. The maximum Gasteiger partial charge on any atom is 0.254 e. The molecule has 35 heavy (non-hydrogen) atoms. The first-order valence-electron chi connectivity index (χ1n) is 10.9. The number of pyridine rings is 1. The second kappa shape index (κ2) is 9.42. The Morgan fingerprint density at radius 1 is 1.11 bits per heavy atom. The lowest BCUT2D eigenvalue weighted by molar-refractivity contribution is 0.0925. The lowest BCUT2D eigenvalue weighted by Crippen LogP contribution is -2.51. The Labute approximate surface area is 200 Å². The molecule has 0 radical (unpaired) electrons. The molecule has 8 nitrogen and oxygen atoms in total. The molecule has 1 aromatic carbocycles. The largest absolute Gasteiger partial charge is 0.351 e. The number of amides is 1. The van der Waals surface area contributed by atoms with E-state index >= 15 is 0 Å². The van der Waals surface area contributed by atoms with Gasteiger partial charge in [-0.25, -0.2) is 21.6 Å². The number of nitrogens with zero attached hydrogens (tertiary/aromatic N) is 4. The van der Waals surface area contributed by atoms with Crippen LogP contribution < -0.4 is 5.32 Å². The molecule has 1 aliphatic rings. The van der Waals surface area contributed by atoms with Crippen LogP contribution in [0.3, 0.4) is 0 Å². The molecule has 186 valence electrons. The van der Waals surface area contributed by atoms with Crippen molar-refractivity contribution in [3.8, 4) is 0 Å². The molecular formula is C23H24F3N5O3S. The van der Waals surface area contributed by atoms with E-state index in [1.54, 1.807) is 7.05 Å². The van der Waals surface area contributed by atoms with Crippen LogP contribution in [0.5, 0.6) is 0 Å². The molecule has 0 unspecified atom stereocenters. The van der Waals surface area contributed by atoms with Gasteiger partial charge in [0.25, 0.3) is 5.91 Å². The Hall–Kier alpha value is -3.25. The first-order valence-corrected chi connectivity index (χ1v) is 12.3. The van der Waals surface area contributed by atoms with Crippen LogP contribution >= 0.6 is 0 Å². The number of hydrogen-bond acceptors (Lipinski definition) is 5. The predicted molar refractivity (Wildman–Crippen MR) is 121 cm³/mol. The Morgan fingerprint density at radius 3 is 2.43 bits per heavy atom. The van der Waals surface area contributed by atoms with Gasteiger partial charge in [0.05, 0.1) is 17.5 Å². The van der Waals surface area contributed by atoms with Crippen LogP contribution in [0, 0.1) is 24.4 Å².